The van der Waals surface area contributed by atoms with Crippen LogP contribution in [0.25, 0.3) is 0 Å². The van der Waals surface area contributed by atoms with E-state index >= 15 is 0 Å². The van der Waals surface area contributed by atoms with Crippen LogP contribution in [0.2, 0.25) is 0 Å². The van der Waals surface area contributed by atoms with Gasteiger partial charge in [0, 0.05) is 13.6 Å². The molecule has 0 bridgehead atoms. The number of nitrogens with zero attached hydrogens (tertiary/aromatic N) is 1. The molecule has 0 aliphatic rings. The molecule has 2 N–H and O–H groups in total. The Kier molecular flexibility index (Phi) is 7.50. The lowest BCUT2D eigenvalue weighted by atomic mass is 9.96. The van der Waals surface area contributed by atoms with Crippen molar-refractivity contribution in [1.82, 2.24) is 9.03 Å². The summed E-state index contributed by atoms with van der Waals surface area (Å²) in [7, 11) is -1.12. The van der Waals surface area contributed by atoms with Gasteiger partial charge in [0.15, 0.2) is 0 Å². The number of methoxy groups -OCH3 is 1. The summed E-state index contributed by atoms with van der Waals surface area (Å²) in [6, 6.07) is 0. The van der Waals surface area contributed by atoms with Gasteiger partial charge in [-0.05, 0) is 12.8 Å². The van der Waals surface area contributed by atoms with Gasteiger partial charge < -0.3 is 9.84 Å². The number of aliphatic hydroxyl groups excluding tert-OH is 1. The van der Waals surface area contributed by atoms with E-state index < -0.39 is 21.7 Å². The summed E-state index contributed by atoms with van der Waals surface area (Å²) in [5, 5.41) is 9.36. The number of ether oxygens (including phenoxy) is 1. The van der Waals surface area contributed by atoms with Crippen LogP contribution in [-0.4, -0.2) is 56.6 Å². The van der Waals surface area contributed by atoms with E-state index in [1.807, 2.05) is 0 Å². The van der Waals surface area contributed by atoms with Crippen molar-refractivity contribution in [3.05, 3.63) is 0 Å². The Labute approximate surface area is 115 Å². The van der Waals surface area contributed by atoms with E-state index in [9.17, 15) is 18.3 Å². The molecule has 0 aliphatic carbocycles. The van der Waals surface area contributed by atoms with Crippen LogP contribution >= 0.6 is 0 Å². The molecule has 114 valence electrons. The molecular formula is C11H24N2O5S. The highest BCUT2D eigenvalue weighted by Crippen LogP contribution is 2.16. The van der Waals surface area contributed by atoms with Crippen molar-refractivity contribution in [2.24, 2.45) is 0 Å². The Balaban J connectivity index is 4.73. The Morgan fingerprint density at radius 3 is 2.26 bits per heavy atom. The Morgan fingerprint density at radius 1 is 1.37 bits per heavy atom. The van der Waals surface area contributed by atoms with Crippen LogP contribution in [0.1, 0.15) is 33.1 Å². The van der Waals surface area contributed by atoms with Crippen LogP contribution in [0.15, 0.2) is 0 Å². The summed E-state index contributed by atoms with van der Waals surface area (Å²) in [5.41, 5.74) is -0.863. The van der Waals surface area contributed by atoms with E-state index in [0.717, 1.165) is 4.31 Å². The van der Waals surface area contributed by atoms with Crippen molar-refractivity contribution >= 4 is 16.2 Å². The average molecular weight is 296 g/mol. The van der Waals surface area contributed by atoms with E-state index in [0.29, 0.717) is 12.8 Å². The number of carbonyl (C=O) groups is 1. The molecule has 0 amide bonds. The van der Waals surface area contributed by atoms with Crippen molar-refractivity contribution < 1.29 is 23.1 Å². The van der Waals surface area contributed by atoms with Crippen molar-refractivity contribution in [3.8, 4) is 0 Å². The van der Waals surface area contributed by atoms with Gasteiger partial charge in [0.2, 0.25) is 0 Å². The first-order chi connectivity index (χ1) is 8.76. The predicted molar refractivity (Wildman–Crippen MR) is 71.7 cm³/mol. The van der Waals surface area contributed by atoms with E-state index in [2.05, 4.69) is 9.46 Å². The maximum atomic E-state index is 12.1. The lowest BCUT2D eigenvalue weighted by Crippen LogP contribution is -2.54. The van der Waals surface area contributed by atoms with Gasteiger partial charge in [0.05, 0.1) is 25.7 Å². The van der Waals surface area contributed by atoms with E-state index in [4.69, 9.17) is 0 Å². The van der Waals surface area contributed by atoms with Gasteiger partial charge in [-0.3, -0.25) is 4.79 Å². The Hall–Kier alpha value is -0.700. The van der Waals surface area contributed by atoms with Crippen molar-refractivity contribution in [2.45, 2.75) is 38.6 Å². The fraction of sp³-hybridized carbons (Fsp3) is 0.909. The minimum Gasteiger partial charge on any atom is -0.469 e. The summed E-state index contributed by atoms with van der Waals surface area (Å²) in [6.07, 6.45) is 0.937. The highest BCUT2D eigenvalue weighted by Gasteiger charge is 2.32. The molecule has 7 nitrogen and oxygen atoms in total. The molecule has 0 saturated carbocycles. The van der Waals surface area contributed by atoms with E-state index in [1.165, 1.54) is 14.2 Å². The van der Waals surface area contributed by atoms with Crippen molar-refractivity contribution in [3.63, 3.8) is 0 Å². The SMILES string of the molecule is CCC(CC)(CO)NS(=O)(=O)N(C)CCC(=O)OC. The Morgan fingerprint density at radius 2 is 1.89 bits per heavy atom. The van der Waals surface area contributed by atoms with Gasteiger partial charge in [0.25, 0.3) is 10.2 Å². The van der Waals surface area contributed by atoms with Gasteiger partial charge in [-0.15, -0.1) is 0 Å². The number of aliphatic hydroxyl groups is 1. The van der Waals surface area contributed by atoms with E-state index in [-0.39, 0.29) is 19.6 Å². The van der Waals surface area contributed by atoms with Crippen LogP contribution in [0.5, 0.6) is 0 Å². The second kappa shape index (κ2) is 7.78. The molecule has 0 unspecified atom stereocenters. The quantitative estimate of drug-likeness (QED) is 0.578. The Bertz CT molecular complexity index is 370. The van der Waals surface area contributed by atoms with Gasteiger partial charge in [0.1, 0.15) is 0 Å². The third kappa shape index (κ3) is 5.43. The lowest BCUT2D eigenvalue weighted by Gasteiger charge is -2.32. The minimum atomic E-state index is -3.74. The monoisotopic (exact) mass is 296 g/mol. The molecule has 0 fully saturated rings. The summed E-state index contributed by atoms with van der Waals surface area (Å²) in [4.78, 5) is 11.0. The number of rotatable bonds is 9. The molecule has 0 heterocycles. The maximum Gasteiger partial charge on any atom is 0.306 e. The molecule has 19 heavy (non-hydrogen) atoms. The first-order valence-electron chi connectivity index (χ1n) is 6.19. The minimum absolute atomic E-state index is 0.0156. The summed E-state index contributed by atoms with van der Waals surface area (Å²) < 4.78 is 32.1. The number of nitrogens with one attached hydrogen (secondary N) is 1. The number of hydrogen-bond acceptors (Lipinski definition) is 5. The first kappa shape index (κ1) is 18.3. The smallest absolute Gasteiger partial charge is 0.306 e. The van der Waals surface area contributed by atoms with Crippen LogP contribution < -0.4 is 4.72 Å². The molecule has 0 saturated heterocycles. The van der Waals surface area contributed by atoms with Gasteiger partial charge in [-0.25, -0.2) is 0 Å². The molecule has 0 aliphatic heterocycles. The number of carbonyl (C=O) groups excluding carboxylic acids is 1. The molecule has 0 atom stereocenters. The summed E-state index contributed by atoms with van der Waals surface area (Å²) >= 11 is 0. The molecular weight excluding hydrogens is 272 g/mol. The van der Waals surface area contributed by atoms with Crippen LogP contribution in [0.3, 0.4) is 0 Å². The first-order valence-corrected chi connectivity index (χ1v) is 7.63. The third-order valence-electron chi connectivity index (χ3n) is 3.27. The van der Waals surface area contributed by atoms with E-state index in [1.54, 1.807) is 13.8 Å². The highest BCUT2D eigenvalue weighted by atomic mass is 32.2. The average Bonchev–Trinajstić information content (AvgIpc) is 2.41. The highest BCUT2D eigenvalue weighted by molar-refractivity contribution is 7.87. The van der Waals surface area contributed by atoms with Crippen LogP contribution in [0.4, 0.5) is 0 Å². The molecule has 0 rings (SSSR count). The third-order valence-corrected chi connectivity index (χ3v) is 4.96. The molecule has 0 aromatic heterocycles. The zero-order chi connectivity index (χ0) is 15.1. The number of hydrogen-bond donors (Lipinski definition) is 2. The molecule has 8 heteroatoms. The maximum absolute atomic E-state index is 12.1. The topological polar surface area (TPSA) is 95.9 Å². The summed E-state index contributed by atoms with van der Waals surface area (Å²) in [6.45, 7) is 3.36. The zero-order valence-electron chi connectivity index (χ0n) is 12.0. The van der Waals surface area contributed by atoms with Crippen LogP contribution in [0, 0.1) is 0 Å². The number of esters is 1. The second-order valence-corrected chi connectivity index (χ2v) is 6.18. The van der Waals surface area contributed by atoms with Gasteiger partial charge >= 0.3 is 5.97 Å². The standard InChI is InChI=1S/C11H24N2O5S/c1-5-11(6-2,9-14)12-19(16,17)13(3)8-7-10(15)18-4/h12,14H,5-9H2,1-4H3. The fourth-order valence-corrected chi connectivity index (χ4v) is 2.86. The van der Waals surface area contributed by atoms with Crippen molar-refractivity contribution in [2.75, 3.05) is 27.3 Å². The second-order valence-electron chi connectivity index (χ2n) is 4.40. The predicted octanol–water partition coefficient (Wildman–Crippen LogP) is -0.133. The largest absolute Gasteiger partial charge is 0.469 e. The lowest BCUT2D eigenvalue weighted by molar-refractivity contribution is -0.140. The van der Waals surface area contributed by atoms with Gasteiger partial charge in [-0.2, -0.15) is 17.4 Å². The fourth-order valence-electron chi connectivity index (χ4n) is 1.47. The zero-order valence-corrected chi connectivity index (χ0v) is 12.8. The van der Waals surface area contributed by atoms with Crippen molar-refractivity contribution in [1.29, 1.82) is 0 Å². The van der Waals surface area contributed by atoms with Gasteiger partial charge in [-0.1, -0.05) is 13.8 Å². The molecule has 0 aromatic carbocycles. The molecule has 0 radical (unpaired) electrons. The normalized spacial score (nSPS) is 12.7. The van der Waals surface area contributed by atoms with Crippen LogP contribution in [-0.2, 0) is 19.7 Å². The molecule has 0 aromatic rings. The summed E-state index contributed by atoms with van der Waals surface area (Å²) in [5.74, 6) is -0.471. The molecule has 0 spiro atoms.